The van der Waals surface area contributed by atoms with Crippen LogP contribution in [-0.4, -0.2) is 49.2 Å². The molecule has 0 saturated carbocycles. The van der Waals surface area contributed by atoms with Crippen molar-refractivity contribution in [2.24, 2.45) is 0 Å². The van der Waals surface area contributed by atoms with Crippen molar-refractivity contribution < 1.29 is 9.53 Å². The topological polar surface area (TPSA) is 41.6 Å². The van der Waals surface area contributed by atoms with E-state index >= 15 is 0 Å². The number of hydrogen-bond donors (Lipinski definition) is 1. The molecule has 1 amide bonds. The Kier molecular flexibility index (Phi) is 4.40. The van der Waals surface area contributed by atoms with Gasteiger partial charge in [0, 0.05) is 13.7 Å². The molecule has 2 aliphatic rings. The fraction of sp³-hybridized carbons (Fsp3) is 0.923. The van der Waals surface area contributed by atoms with Gasteiger partial charge in [0.05, 0.1) is 18.2 Å². The van der Waals surface area contributed by atoms with Gasteiger partial charge in [-0.15, -0.1) is 0 Å². The fourth-order valence-corrected chi connectivity index (χ4v) is 2.88. The third kappa shape index (κ3) is 2.99. The summed E-state index contributed by atoms with van der Waals surface area (Å²) in [5.74, 6) is 0.245. The summed E-state index contributed by atoms with van der Waals surface area (Å²) in [7, 11) is 1.92. The van der Waals surface area contributed by atoms with Crippen molar-refractivity contribution in [2.45, 2.75) is 57.2 Å². The van der Waals surface area contributed by atoms with Crippen LogP contribution in [0, 0.1) is 0 Å². The van der Waals surface area contributed by atoms with Gasteiger partial charge < -0.3 is 15.0 Å². The monoisotopic (exact) mass is 240 g/mol. The summed E-state index contributed by atoms with van der Waals surface area (Å²) in [6.45, 7) is 3.81. The summed E-state index contributed by atoms with van der Waals surface area (Å²) in [4.78, 5) is 14.3. The Hall–Kier alpha value is -0.610. The lowest BCUT2D eigenvalue weighted by atomic mass is 10.1. The lowest BCUT2D eigenvalue weighted by Gasteiger charge is -2.30. The third-order valence-electron chi connectivity index (χ3n) is 4.04. The molecule has 0 radical (unpaired) electrons. The number of hydrogen-bond acceptors (Lipinski definition) is 3. The van der Waals surface area contributed by atoms with E-state index in [4.69, 9.17) is 4.74 Å². The lowest BCUT2D eigenvalue weighted by Crippen LogP contribution is -2.50. The van der Waals surface area contributed by atoms with Crippen LogP contribution < -0.4 is 5.32 Å². The van der Waals surface area contributed by atoms with E-state index in [0.717, 1.165) is 32.4 Å². The minimum atomic E-state index is 0.0234. The maximum absolute atomic E-state index is 12.4. The van der Waals surface area contributed by atoms with Crippen molar-refractivity contribution >= 4 is 5.91 Å². The van der Waals surface area contributed by atoms with Crippen LogP contribution in [0.1, 0.15) is 39.0 Å². The summed E-state index contributed by atoms with van der Waals surface area (Å²) in [6, 6.07) is 0.280. The number of amides is 1. The van der Waals surface area contributed by atoms with Gasteiger partial charge in [-0.05, 0) is 32.7 Å². The summed E-state index contributed by atoms with van der Waals surface area (Å²) < 4.78 is 5.53. The van der Waals surface area contributed by atoms with Gasteiger partial charge in [-0.2, -0.15) is 0 Å². The van der Waals surface area contributed by atoms with Gasteiger partial charge in [0.1, 0.15) is 0 Å². The zero-order valence-corrected chi connectivity index (χ0v) is 10.9. The molecule has 3 unspecified atom stereocenters. The Morgan fingerprint density at radius 1 is 1.29 bits per heavy atom. The van der Waals surface area contributed by atoms with E-state index in [0.29, 0.717) is 0 Å². The minimum Gasteiger partial charge on any atom is -0.376 e. The van der Waals surface area contributed by atoms with Gasteiger partial charge in [-0.3, -0.25) is 4.79 Å². The first-order valence-corrected chi connectivity index (χ1v) is 6.82. The number of ether oxygens (including phenoxy) is 1. The molecule has 0 aromatic heterocycles. The van der Waals surface area contributed by atoms with E-state index in [-0.39, 0.29) is 24.1 Å². The first-order chi connectivity index (χ1) is 8.20. The molecule has 0 aromatic carbocycles. The van der Waals surface area contributed by atoms with Crippen LogP contribution in [0.25, 0.3) is 0 Å². The van der Waals surface area contributed by atoms with E-state index in [2.05, 4.69) is 12.2 Å². The van der Waals surface area contributed by atoms with E-state index in [1.807, 2.05) is 11.9 Å². The highest BCUT2D eigenvalue weighted by Crippen LogP contribution is 2.20. The van der Waals surface area contributed by atoms with Crippen LogP contribution >= 0.6 is 0 Å². The highest BCUT2D eigenvalue weighted by molar-refractivity contribution is 5.82. The zero-order chi connectivity index (χ0) is 12.3. The molecule has 3 atom stereocenters. The van der Waals surface area contributed by atoms with Gasteiger partial charge >= 0.3 is 0 Å². The standard InChI is InChI=1S/C13H24N2O2/c1-10-12(7-9-17-10)15(2)13(16)11-6-4-3-5-8-14-11/h10-12,14H,3-9H2,1-2H3. The van der Waals surface area contributed by atoms with Crippen LogP contribution in [0.4, 0.5) is 0 Å². The molecule has 2 saturated heterocycles. The zero-order valence-electron chi connectivity index (χ0n) is 10.9. The predicted octanol–water partition coefficient (Wildman–Crippen LogP) is 1.15. The minimum absolute atomic E-state index is 0.0234. The second kappa shape index (κ2) is 5.83. The van der Waals surface area contributed by atoms with E-state index in [1.54, 1.807) is 0 Å². The second-order valence-corrected chi connectivity index (χ2v) is 5.24. The molecule has 1 N–H and O–H groups in total. The van der Waals surface area contributed by atoms with Crippen LogP contribution in [0.2, 0.25) is 0 Å². The third-order valence-corrected chi connectivity index (χ3v) is 4.04. The first-order valence-electron chi connectivity index (χ1n) is 6.82. The number of nitrogens with one attached hydrogen (secondary N) is 1. The Labute approximate surface area is 104 Å². The van der Waals surface area contributed by atoms with Gasteiger partial charge in [0.15, 0.2) is 0 Å². The van der Waals surface area contributed by atoms with Crippen LogP contribution in [0.5, 0.6) is 0 Å². The molecular formula is C13H24N2O2. The van der Waals surface area contributed by atoms with Crippen molar-refractivity contribution in [3.05, 3.63) is 0 Å². The molecule has 98 valence electrons. The quantitative estimate of drug-likeness (QED) is 0.787. The largest absolute Gasteiger partial charge is 0.376 e. The van der Waals surface area contributed by atoms with Gasteiger partial charge in [0.25, 0.3) is 0 Å². The average Bonchev–Trinajstić information content (AvgIpc) is 2.60. The normalized spacial score (nSPS) is 34.4. The number of rotatable bonds is 2. The second-order valence-electron chi connectivity index (χ2n) is 5.24. The number of carbonyl (C=O) groups excluding carboxylic acids is 1. The highest BCUT2D eigenvalue weighted by atomic mass is 16.5. The smallest absolute Gasteiger partial charge is 0.239 e. The van der Waals surface area contributed by atoms with Crippen molar-refractivity contribution in [2.75, 3.05) is 20.2 Å². The molecule has 0 bridgehead atoms. The Morgan fingerprint density at radius 3 is 2.82 bits per heavy atom. The first kappa shape index (κ1) is 12.8. The molecule has 4 nitrogen and oxygen atoms in total. The van der Waals surface area contributed by atoms with Crippen molar-refractivity contribution in [1.82, 2.24) is 10.2 Å². The Balaban J connectivity index is 1.93. The SMILES string of the molecule is CC1OCCC1N(C)C(=O)C1CCCCCN1. The van der Waals surface area contributed by atoms with E-state index in [1.165, 1.54) is 12.8 Å². The summed E-state index contributed by atoms with van der Waals surface area (Å²) in [6.07, 6.45) is 5.71. The van der Waals surface area contributed by atoms with Gasteiger partial charge in [-0.25, -0.2) is 0 Å². The highest BCUT2D eigenvalue weighted by Gasteiger charge is 2.33. The summed E-state index contributed by atoms with van der Waals surface area (Å²) >= 11 is 0. The number of nitrogens with zero attached hydrogens (tertiary/aromatic N) is 1. The molecule has 17 heavy (non-hydrogen) atoms. The molecule has 2 aliphatic heterocycles. The molecule has 2 heterocycles. The van der Waals surface area contributed by atoms with Crippen LogP contribution in [0.3, 0.4) is 0 Å². The van der Waals surface area contributed by atoms with Crippen molar-refractivity contribution in [1.29, 1.82) is 0 Å². The average molecular weight is 240 g/mol. The predicted molar refractivity (Wildman–Crippen MR) is 66.8 cm³/mol. The maximum atomic E-state index is 12.4. The van der Waals surface area contributed by atoms with E-state index in [9.17, 15) is 4.79 Å². The van der Waals surface area contributed by atoms with Crippen molar-refractivity contribution in [3.63, 3.8) is 0 Å². The molecule has 0 aromatic rings. The lowest BCUT2D eigenvalue weighted by molar-refractivity contribution is -0.135. The Bertz CT molecular complexity index is 262. The molecule has 0 aliphatic carbocycles. The van der Waals surface area contributed by atoms with Crippen LogP contribution in [-0.2, 0) is 9.53 Å². The van der Waals surface area contributed by atoms with Crippen LogP contribution in [0.15, 0.2) is 0 Å². The fourth-order valence-electron chi connectivity index (χ4n) is 2.88. The molecule has 4 heteroatoms. The number of carbonyl (C=O) groups is 1. The Morgan fingerprint density at radius 2 is 2.12 bits per heavy atom. The van der Waals surface area contributed by atoms with E-state index < -0.39 is 0 Å². The van der Waals surface area contributed by atoms with Gasteiger partial charge in [0.2, 0.25) is 5.91 Å². The molecule has 2 rings (SSSR count). The molecule has 2 fully saturated rings. The maximum Gasteiger partial charge on any atom is 0.239 e. The van der Waals surface area contributed by atoms with Crippen molar-refractivity contribution in [3.8, 4) is 0 Å². The summed E-state index contributed by atoms with van der Waals surface area (Å²) in [5, 5.41) is 3.37. The summed E-state index contributed by atoms with van der Waals surface area (Å²) in [5.41, 5.74) is 0. The number of likely N-dealkylation sites (N-methyl/N-ethyl adjacent to an activating group) is 1. The molecule has 0 spiro atoms. The molecular weight excluding hydrogens is 216 g/mol. The van der Waals surface area contributed by atoms with Gasteiger partial charge in [-0.1, -0.05) is 12.8 Å².